The molecule has 1 saturated heterocycles. The van der Waals surface area contributed by atoms with Crippen LogP contribution in [0.4, 0.5) is 5.13 Å². The molecule has 29 heavy (non-hydrogen) atoms. The highest BCUT2D eigenvalue weighted by atomic mass is 35.5. The number of carbonyl (C=O) groups is 1. The Morgan fingerprint density at radius 1 is 1.03 bits per heavy atom. The number of benzene rings is 1. The van der Waals surface area contributed by atoms with Gasteiger partial charge >= 0.3 is 0 Å². The molecular formula is C20H16ClN5OS2. The Kier molecular flexibility index (Phi) is 4.91. The number of hydrogen-bond donors (Lipinski definition) is 0. The summed E-state index contributed by atoms with van der Waals surface area (Å²) in [6.07, 6.45) is 1.78. The molecule has 0 N–H and O–H groups in total. The van der Waals surface area contributed by atoms with Gasteiger partial charge in [-0.3, -0.25) is 4.79 Å². The van der Waals surface area contributed by atoms with Gasteiger partial charge in [-0.15, -0.1) is 11.3 Å². The second kappa shape index (κ2) is 7.70. The maximum absolute atomic E-state index is 12.9. The molecular weight excluding hydrogens is 426 g/mol. The zero-order chi connectivity index (χ0) is 19.8. The molecule has 9 heteroatoms. The highest BCUT2D eigenvalue weighted by Crippen LogP contribution is 2.29. The minimum Gasteiger partial charge on any atom is -0.344 e. The van der Waals surface area contributed by atoms with Crippen molar-refractivity contribution in [3.63, 3.8) is 0 Å². The summed E-state index contributed by atoms with van der Waals surface area (Å²) in [5.74, 6) is -0.0212. The Hall–Kier alpha value is -2.55. The molecule has 0 atom stereocenters. The van der Waals surface area contributed by atoms with Gasteiger partial charge in [0.15, 0.2) is 5.13 Å². The van der Waals surface area contributed by atoms with Gasteiger partial charge in [-0.05, 0) is 24.3 Å². The third-order valence-corrected chi connectivity index (χ3v) is 6.99. The Morgan fingerprint density at radius 3 is 2.59 bits per heavy atom. The maximum atomic E-state index is 12.9. The van der Waals surface area contributed by atoms with E-state index in [0.717, 1.165) is 39.1 Å². The van der Waals surface area contributed by atoms with Crippen molar-refractivity contribution < 1.29 is 4.79 Å². The van der Waals surface area contributed by atoms with Crippen molar-refractivity contribution in [2.75, 3.05) is 31.1 Å². The summed E-state index contributed by atoms with van der Waals surface area (Å²) < 4.78 is 0. The quantitative estimate of drug-likeness (QED) is 0.470. The number of amides is 1. The predicted octanol–water partition coefficient (Wildman–Crippen LogP) is 4.43. The number of halogens is 1. The van der Waals surface area contributed by atoms with Crippen LogP contribution in [0.3, 0.4) is 0 Å². The van der Waals surface area contributed by atoms with Crippen molar-refractivity contribution in [2.45, 2.75) is 0 Å². The highest BCUT2D eigenvalue weighted by Gasteiger charge is 2.25. The number of piperazine rings is 1. The molecule has 1 aromatic carbocycles. The number of pyridine rings is 1. The molecule has 0 bridgehead atoms. The number of rotatable bonds is 3. The van der Waals surface area contributed by atoms with Crippen molar-refractivity contribution in [3.05, 3.63) is 58.7 Å². The van der Waals surface area contributed by atoms with Gasteiger partial charge in [0.2, 0.25) is 0 Å². The van der Waals surface area contributed by atoms with E-state index in [1.54, 1.807) is 17.5 Å². The molecule has 146 valence electrons. The first-order valence-corrected chi connectivity index (χ1v) is 11.2. The number of thiazole rings is 2. The van der Waals surface area contributed by atoms with E-state index in [0.29, 0.717) is 23.8 Å². The standard InChI is InChI=1S/C20H16ClN5OS2/c21-14-5-3-13(4-6-14)17-23-16(12-28-17)19(27)25-8-10-26(11-9-25)20-24-15-2-1-7-22-18(15)29-20/h1-7,12H,8-11H2. The molecule has 1 aliphatic rings. The number of anilines is 1. The first-order chi connectivity index (χ1) is 14.2. The summed E-state index contributed by atoms with van der Waals surface area (Å²) in [6, 6.07) is 11.4. The predicted molar refractivity (Wildman–Crippen MR) is 118 cm³/mol. The normalized spacial score (nSPS) is 14.5. The zero-order valence-electron chi connectivity index (χ0n) is 15.3. The van der Waals surface area contributed by atoms with Crippen LogP contribution in [-0.4, -0.2) is 51.9 Å². The van der Waals surface area contributed by atoms with E-state index in [1.165, 1.54) is 11.3 Å². The third-order valence-electron chi connectivity index (χ3n) is 4.81. The summed E-state index contributed by atoms with van der Waals surface area (Å²) in [6.45, 7) is 2.80. The van der Waals surface area contributed by atoms with Gasteiger partial charge in [0, 0.05) is 48.3 Å². The monoisotopic (exact) mass is 441 g/mol. The van der Waals surface area contributed by atoms with Crippen LogP contribution in [0.1, 0.15) is 10.5 Å². The lowest BCUT2D eigenvalue weighted by molar-refractivity contribution is 0.0742. The van der Waals surface area contributed by atoms with Gasteiger partial charge in [0.25, 0.3) is 5.91 Å². The lowest BCUT2D eigenvalue weighted by atomic mass is 10.2. The van der Waals surface area contributed by atoms with Crippen LogP contribution in [0.5, 0.6) is 0 Å². The van der Waals surface area contributed by atoms with E-state index in [4.69, 9.17) is 11.6 Å². The van der Waals surface area contributed by atoms with E-state index >= 15 is 0 Å². The molecule has 0 radical (unpaired) electrons. The van der Waals surface area contributed by atoms with Crippen LogP contribution < -0.4 is 4.90 Å². The molecule has 6 nitrogen and oxygen atoms in total. The molecule has 1 aliphatic heterocycles. The van der Waals surface area contributed by atoms with Gasteiger partial charge in [-0.25, -0.2) is 15.0 Å². The second-order valence-electron chi connectivity index (χ2n) is 6.65. The van der Waals surface area contributed by atoms with Gasteiger partial charge in [0.05, 0.1) is 0 Å². The van der Waals surface area contributed by atoms with E-state index in [-0.39, 0.29) is 5.91 Å². The lowest BCUT2D eigenvalue weighted by Crippen LogP contribution is -2.48. The summed E-state index contributed by atoms with van der Waals surface area (Å²) in [4.78, 5) is 31.5. The summed E-state index contributed by atoms with van der Waals surface area (Å²) >= 11 is 9.01. The number of hydrogen-bond acceptors (Lipinski definition) is 7. The molecule has 0 unspecified atom stereocenters. The van der Waals surface area contributed by atoms with Gasteiger partial charge in [-0.1, -0.05) is 35.1 Å². The topological polar surface area (TPSA) is 62.2 Å². The Morgan fingerprint density at radius 2 is 1.83 bits per heavy atom. The average Bonchev–Trinajstić information content (AvgIpc) is 3.41. The van der Waals surface area contributed by atoms with Crippen molar-refractivity contribution >= 4 is 55.7 Å². The van der Waals surface area contributed by atoms with Crippen LogP contribution in [0.2, 0.25) is 5.02 Å². The summed E-state index contributed by atoms with van der Waals surface area (Å²) in [7, 11) is 0. The molecule has 0 saturated carbocycles. The summed E-state index contributed by atoms with van der Waals surface area (Å²) in [5, 5.41) is 4.30. The van der Waals surface area contributed by atoms with Crippen molar-refractivity contribution in [2.24, 2.45) is 0 Å². The average molecular weight is 442 g/mol. The van der Waals surface area contributed by atoms with Crippen LogP contribution in [0.25, 0.3) is 20.9 Å². The third kappa shape index (κ3) is 3.71. The second-order valence-corrected chi connectivity index (χ2v) is 8.90. The van der Waals surface area contributed by atoms with Crippen LogP contribution in [0, 0.1) is 0 Å². The molecule has 1 amide bonds. The number of carbonyl (C=O) groups excluding carboxylic acids is 1. The van der Waals surface area contributed by atoms with E-state index in [1.807, 2.05) is 46.7 Å². The highest BCUT2D eigenvalue weighted by molar-refractivity contribution is 7.21. The van der Waals surface area contributed by atoms with Gasteiger partial charge in [-0.2, -0.15) is 0 Å². The molecule has 3 aromatic heterocycles. The first-order valence-electron chi connectivity index (χ1n) is 9.14. The Bertz CT molecular complexity index is 1130. The summed E-state index contributed by atoms with van der Waals surface area (Å²) in [5.41, 5.74) is 2.38. The molecule has 1 fully saturated rings. The zero-order valence-corrected chi connectivity index (χ0v) is 17.7. The van der Waals surface area contributed by atoms with Crippen LogP contribution in [0.15, 0.2) is 48.0 Å². The lowest BCUT2D eigenvalue weighted by Gasteiger charge is -2.34. The minimum atomic E-state index is -0.0212. The molecule has 4 heterocycles. The van der Waals surface area contributed by atoms with Crippen LogP contribution >= 0.6 is 34.3 Å². The SMILES string of the molecule is O=C(c1csc(-c2ccc(Cl)cc2)n1)N1CCN(c2nc3cccnc3s2)CC1. The van der Waals surface area contributed by atoms with E-state index < -0.39 is 0 Å². The fraction of sp³-hybridized carbons (Fsp3) is 0.200. The first kappa shape index (κ1) is 18.5. The number of nitrogens with zero attached hydrogens (tertiary/aromatic N) is 5. The minimum absolute atomic E-state index is 0.0212. The number of aromatic nitrogens is 3. The van der Waals surface area contributed by atoms with Gasteiger partial charge < -0.3 is 9.80 Å². The molecule has 0 spiro atoms. The number of fused-ring (bicyclic) bond motifs is 1. The molecule has 4 aromatic rings. The van der Waals surface area contributed by atoms with E-state index in [9.17, 15) is 4.79 Å². The van der Waals surface area contributed by atoms with Gasteiger partial charge in [0.1, 0.15) is 21.0 Å². The van der Waals surface area contributed by atoms with Crippen LogP contribution in [-0.2, 0) is 0 Å². The molecule has 5 rings (SSSR count). The Labute approximate surface area is 180 Å². The largest absolute Gasteiger partial charge is 0.344 e. The fourth-order valence-electron chi connectivity index (χ4n) is 3.25. The maximum Gasteiger partial charge on any atom is 0.273 e. The smallest absolute Gasteiger partial charge is 0.273 e. The van der Waals surface area contributed by atoms with Crippen molar-refractivity contribution in [1.29, 1.82) is 0 Å². The van der Waals surface area contributed by atoms with Crippen molar-refractivity contribution in [3.8, 4) is 10.6 Å². The van der Waals surface area contributed by atoms with Crippen molar-refractivity contribution in [1.82, 2.24) is 19.9 Å². The fourth-order valence-corrected chi connectivity index (χ4v) is 5.14. The Balaban J connectivity index is 1.26. The van der Waals surface area contributed by atoms with E-state index in [2.05, 4.69) is 19.9 Å². The molecule has 0 aliphatic carbocycles.